The van der Waals surface area contributed by atoms with Crippen LogP contribution in [0.1, 0.15) is 25.3 Å². The van der Waals surface area contributed by atoms with Gasteiger partial charge in [-0.15, -0.1) is 0 Å². The predicted molar refractivity (Wildman–Crippen MR) is 64.1 cm³/mol. The molecule has 2 unspecified atom stereocenters. The average molecular weight is 320 g/mol. The van der Waals surface area contributed by atoms with E-state index in [0.29, 0.717) is 5.92 Å². The van der Waals surface area contributed by atoms with Crippen molar-refractivity contribution in [3.05, 3.63) is 32.7 Å². The van der Waals surface area contributed by atoms with Crippen LogP contribution < -0.4 is 0 Å². The van der Waals surface area contributed by atoms with Crippen molar-refractivity contribution in [2.45, 2.75) is 25.4 Å². The van der Waals surface area contributed by atoms with E-state index in [2.05, 4.69) is 38.8 Å². The molecule has 0 aromatic heterocycles. The Morgan fingerprint density at radius 2 is 2.21 bits per heavy atom. The molecule has 1 fully saturated rings. The zero-order valence-corrected chi connectivity index (χ0v) is 11.1. The third kappa shape index (κ3) is 1.66. The first-order valence-electron chi connectivity index (χ1n) is 4.76. The highest BCUT2D eigenvalue weighted by Gasteiger charge is 2.53. The zero-order chi connectivity index (χ0) is 10.3. The van der Waals surface area contributed by atoms with Crippen molar-refractivity contribution < 1.29 is 5.11 Å². The fourth-order valence-corrected chi connectivity index (χ4v) is 2.91. The number of benzene rings is 1. The highest BCUT2D eigenvalue weighted by atomic mass is 79.9. The molecule has 0 bridgehead atoms. The topological polar surface area (TPSA) is 20.2 Å². The average Bonchev–Trinajstić information content (AvgIpc) is 2.83. The van der Waals surface area contributed by atoms with Crippen molar-refractivity contribution in [2.75, 3.05) is 0 Å². The summed E-state index contributed by atoms with van der Waals surface area (Å²) in [4.78, 5) is 0. The molecule has 1 aromatic rings. The second kappa shape index (κ2) is 3.62. The van der Waals surface area contributed by atoms with Crippen molar-refractivity contribution in [1.82, 2.24) is 0 Å². The molecule has 0 aliphatic heterocycles. The molecule has 1 N–H and O–H groups in total. The Hall–Kier alpha value is 0.140. The highest BCUT2D eigenvalue weighted by Crippen LogP contribution is 2.55. The van der Waals surface area contributed by atoms with Gasteiger partial charge in [0.25, 0.3) is 0 Å². The Morgan fingerprint density at radius 3 is 2.79 bits per heavy atom. The summed E-state index contributed by atoms with van der Waals surface area (Å²) in [5.41, 5.74) is 0.427. The van der Waals surface area contributed by atoms with Gasteiger partial charge in [-0.05, 0) is 36.1 Å². The Kier molecular flexibility index (Phi) is 2.75. The van der Waals surface area contributed by atoms with Crippen LogP contribution in [-0.2, 0) is 5.60 Å². The van der Waals surface area contributed by atoms with Gasteiger partial charge in [-0.1, -0.05) is 45.2 Å². The second-order valence-electron chi connectivity index (χ2n) is 3.86. The van der Waals surface area contributed by atoms with Crippen LogP contribution in [0.4, 0.5) is 0 Å². The lowest BCUT2D eigenvalue weighted by atomic mass is 10.1. The first kappa shape index (κ1) is 10.7. The van der Waals surface area contributed by atoms with E-state index < -0.39 is 5.60 Å². The number of aliphatic hydroxyl groups is 1. The molecule has 3 heteroatoms. The van der Waals surface area contributed by atoms with Gasteiger partial charge in [-0.3, -0.25) is 0 Å². The maximum atomic E-state index is 10.3. The number of rotatable bonds is 2. The Bertz CT molecular complexity index is 364. The standard InChI is InChI=1S/C11H12Br2O/c1-2-7-6-11(7,14)9-5-8(12)3-4-10(9)13/h3-5,7,14H,2,6H2,1H3. The lowest BCUT2D eigenvalue weighted by Gasteiger charge is -2.13. The monoisotopic (exact) mass is 318 g/mol. The van der Waals surface area contributed by atoms with E-state index in [9.17, 15) is 5.11 Å². The van der Waals surface area contributed by atoms with Gasteiger partial charge in [0.1, 0.15) is 0 Å². The van der Waals surface area contributed by atoms with Gasteiger partial charge in [0, 0.05) is 8.95 Å². The van der Waals surface area contributed by atoms with E-state index in [0.717, 1.165) is 27.4 Å². The van der Waals surface area contributed by atoms with E-state index >= 15 is 0 Å². The van der Waals surface area contributed by atoms with Crippen LogP contribution in [0.2, 0.25) is 0 Å². The van der Waals surface area contributed by atoms with Crippen molar-refractivity contribution in [1.29, 1.82) is 0 Å². The molecule has 14 heavy (non-hydrogen) atoms. The third-order valence-corrected chi connectivity index (χ3v) is 4.15. The number of hydrogen-bond donors (Lipinski definition) is 1. The fraction of sp³-hybridized carbons (Fsp3) is 0.455. The summed E-state index contributed by atoms with van der Waals surface area (Å²) in [6, 6.07) is 5.95. The summed E-state index contributed by atoms with van der Waals surface area (Å²) in [6.07, 6.45) is 1.92. The molecule has 1 aromatic carbocycles. The Labute approximate surface area is 101 Å². The summed E-state index contributed by atoms with van der Waals surface area (Å²) in [7, 11) is 0. The predicted octanol–water partition coefficient (Wildman–Crippen LogP) is 3.83. The van der Waals surface area contributed by atoms with Crippen molar-refractivity contribution in [3.63, 3.8) is 0 Å². The normalized spacial score (nSPS) is 30.4. The van der Waals surface area contributed by atoms with Gasteiger partial charge >= 0.3 is 0 Å². The van der Waals surface area contributed by atoms with Crippen molar-refractivity contribution >= 4 is 31.9 Å². The molecular weight excluding hydrogens is 308 g/mol. The summed E-state index contributed by atoms with van der Waals surface area (Å²) in [5.74, 6) is 0.424. The lowest BCUT2D eigenvalue weighted by molar-refractivity contribution is 0.129. The summed E-state index contributed by atoms with van der Waals surface area (Å²) in [5, 5.41) is 10.3. The van der Waals surface area contributed by atoms with Crippen LogP contribution in [-0.4, -0.2) is 5.11 Å². The fourth-order valence-electron chi connectivity index (χ4n) is 1.96. The van der Waals surface area contributed by atoms with Crippen LogP contribution in [0.15, 0.2) is 27.1 Å². The molecule has 2 atom stereocenters. The quantitative estimate of drug-likeness (QED) is 0.878. The number of hydrogen-bond acceptors (Lipinski definition) is 1. The molecule has 0 saturated heterocycles. The Balaban J connectivity index is 2.38. The molecule has 1 aliphatic rings. The van der Waals surface area contributed by atoms with Gasteiger partial charge < -0.3 is 5.11 Å². The summed E-state index contributed by atoms with van der Waals surface area (Å²) < 4.78 is 2.02. The minimum Gasteiger partial charge on any atom is -0.385 e. The van der Waals surface area contributed by atoms with E-state index in [1.54, 1.807) is 0 Å². The van der Waals surface area contributed by atoms with E-state index in [4.69, 9.17) is 0 Å². The first-order chi connectivity index (χ1) is 6.58. The SMILES string of the molecule is CCC1CC1(O)c1cc(Br)ccc1Br. The lowest BCUT2D eigenvalue weighted by Crippen LogP contribution is -2.09. The molecule has 0 heterocycles. The minimum absolute atomic E-state index is 0.424. The molecular formula is C11H12Br2O. The van der Waals surface area contributed by atoms with Gasteiger partial charge in [0.15, 0.2) is 0 Å². The summed E-state index contributed by atoms with van der Waals surface area (Å²) >= 11 is 6.91. The van der Waals surface area contributed by atoms with Gasteiger partial charge in [-0.25, -0.2) is 0 Å². The maximum Gasteiger partial charge on any atom is 0.0940 e. The second-order valence-corrected chi connectivity index (χ2v) is 5.63. The van der Waals surface area contributed by atoms with Crippen LogP contribution in [0.25, 0.3) is 0 Å². The molecule has 1 nitrogen and oxygen atoms in total. The highest BCUT2D eigenvalue weighted by molar-refractivity contribution is 9.11. The largest absolute Gasteiger partial charge is 0.385 e. The van der Waals surface area contributed by atoms with Gasteiger partial charge in [0.05, 0.1) is 5.60 Å². The van der Waals surface area contributed by atoms with Crippen molar-refractivity contribution in [2.24, 2.45) is 5.92 Å². The van der Waals surface area contributed by atoms with Crippen molar-refractivity contribution in [3.8, 4) is 0 Å². The third-order valence-electron chi connectivity index (χ3n) is 2.96. The molecule has 0 spiro atoms. The van der Waals surface area contributed by atoms with Crippen LogP contribution in [0.3, 0.4) is 0 Å². The molecule has 1 aliphatic carbocycles. The maximum absolute atomic E-state index is 10.3. The van der Waals surface area contributed by atoms with E-state index in [1.165, 1.54) is 0 Å². The molecule has 76 valence electrons. The zero-order valence-electron chi connectivity index (χ0n) is 7.93. The molecule has 2 rings (SSSR count). The van der Waals surface area contributed by atoms with Crippen LogP contribution in [0, 0.1) is 5.92 Å². The van der Waals surface area contributed by atoms with E-state index in [1.807, 2.05) is 18.2 Å². The smallest absolute Gasteiger partial charge is 0.0940 e. The minimum atomic E-state index is -0.586. The van der Waals surface area contributed by atoms with Crippen LogP contribution >= 0.6 is 31.9 Å². The summed E-state index contributed by atoms with van der Waals surface area (Å²) in [6.45, 7) is 2.12. The van der Waals surface area contributed by atoms with Gasteiger partial charge in [0.2, 0.25) is 0 Å². The Morgan fingerprint density at radius 1 is 1.50 bits per heavy atom. The first-order valence-corrected chi connectivity index (χ1v) is 6.34. The molecule has 0 radical (unpaired) electrons. The number of halogens is 2. The molecule has 0 amide bonds. The van der Waals surface area contributed by atoms with Crippen LogP contribution in [0.5, 0.6) is 0 Å². The van der Waals surface area contributed by atoms with Gasteiger partial charge in [-0.2, -0.15) is 0 Å². The molecule has 1 saturated carbocycles. The van der Waals surface area contributed by atoms with E-state index in [-0.39, 0.29) is 0 Å².